The lowest BCUT2D eigenvalue weighted by Crippen LogP contribution is -2.35. The van der Waals surface area contributed by atoms with Crippen LogP contribution in [0.25, 0.3) is 0 Å². The molecule has 0 fully saturated rings. The number of amides is 1. The molecule has 2 aromatic rings. The van der Waals surface area contributed by atoms with Crippen LogP contribution in [0.2, 0.25) is 0 Å². The molecule has 2 aliphatic heterocycles. The Kier molecular flexibility index (Phi) is 6.89. The molecule has 0 saturated carbocycles. The van der Waals surface area contributed by atoms with E-state index in [9.17, 15) is 4.79 Å². The Labute approximate surface area is 200 Å². The molecule has 0 spiro atoms. The molecule has 0 radical (unpaired) electrons. The predicted octanol–water partition coefficient (Wildman–Crippen LogP) is 7.23. The minimum atomic E-state index is -0.457. The summed E-state index contributed by atoms with van der Waals surface area (Å²) in [4.78, 5) is 14.0. The average molecular weight is 451 g/mol. The Balaban J connectivity index is 0.000000203. The number of hydrogen-bond acceptors (Lipinski definition) is 3. The van der Waals surface area contributed by atoms with Crippen LogP contribution in [0.1, 0.15) is 84.6 Å². The zero-order valence-corrected chi connectivity index (χ0v) is 22.1. The van der Waals surface area contributed by atoms with Crippen LogP contribution in [-0.4, -0.2) is 24.8 Å². The van der Waals surface area contributed by atoms with Crippen molar-refractivity contribution in [3.63, 3.8) is 0 Å². The topological polar surface area (TPSA) is 41.6 Å². The van der Waals surface area contributed by atoms with E-state index in [2.05, 4.69) is 83.3 Å². The van der Waals surface area contributed by atoms with E-state index in [4.69, 9.17) is 4.74 Å². The van der Waals surface area contributed by atoms with Gasteiger partial charge in [-0.25, -0.2) is 4.79 Å². The number of nitrogens with zero attached hydrogens (tertiary/aromatic N) is 1. The summed E-state index contributed by atoms with van der Waals surface area (Å²) < 4.78 is 5.49. The van der Waals surface area contributed by atoms with Gasteiger partial charge in [-0.15, -0.1) is 0 Å². The molecule has 4 heteroatoms. The summed E-state index contributed by atoms with van der Waals surface area (Å²) in [5, 5.41) is 3.41. The van der Waals surface area contributed by atoms with E-state index in [1.165, 1.54) is 34.4 Å². The molecule has 33 heavy (non-hydrogen) atoms. The standard InChI is InChI=1S/C17H25NO2.C12H17N/c1-16(2,3)13-8-7-12-9-10-18(14(12)11-13)15(19)20-17(4,5)6;1-12(2,3)10-5-4-9-6-7-13-11(9)8-10/h7-8,11H,9-10H2,1-6H3;4-5,8,13H,6-7H2,1-3H3. The molecule has 180 valence electrons. The van der Waals surface area contributed by atoms with Gasteiger partial charge in [-0.3, -0.25) is 4.90 Å². The first-order valence-corrected chi connectivity index (χ1v) is 12.2. The number of carbonyl (C=O) groups is 1. The summed E-state index contributed by atoms with van der Waals surface area (Å²) in [5.74, 6) is 0. The van der Waals surface area contributed by atoms with Crippen molar-refractivity contribution in [2.75, 3.05) is 23.3 Å². The monoisotopic (exact) mass is 450 g/mol. The van der Waals surface area contributed by atoms with E-state index >= 15 is 0 Å². The second-order valence-corrected chi connectivity index (χ2v) is 12.3. The van der Waals surface area contributed by atoms with Crippen LogP contribution in [0.3, 0.4) is 0 Å². The summed E-state index contributed by atoms with van der Waals surface area (Å²) >= 11 is 0. The van der Waals surface area contributed by atoms with Gasteiger partial charge in [0.25, 0.3) is 0 Å². The van der Waals surface area contributed by atoms with Crippen molar-refractivity contribution >= 4 is 17.5 Å². The molecular formula is C29H42N2O2. The molecule has 2 aliphatic rings. The maximum atomic E-state index is 12.3. The van der Waals surface area contributed by atoms with Crippen LogP contribution in [0.4, 0.5) is 16.2 Å². The fourth-order valence-electron chi connectivity index (χ4n) is 4.11. The molecule has 4 rings (SSSR count). The van der Waals surface area contributed by atoms with E-state index in [0.717, 1.165) is 18.7 Å². The second kappa shape index (κ2) is 9.04. The fourth-order valence-corrected chi connectivity index (χ4v) is 4.11. The van der Waals surface area contributed by atoms with E-state index in [1.54, 1.807) is 4.90 Å². The highest BCUT2D eigenvalue weighted by atomic mass is 16.6. The van der Waals surface area contributed by atoms with Gasteiger partial charge in [-0.05, 0) is 78.8 Å². The second-order valence-electron chi connectivity index (χ2n) is 12.3. The van der Waals surface area contributed by atoms with E-state index in [-0.39, 0.29) is 16.9 Å². The molecule has 0 unspecified atom stereocenters. The number of rotatable bonds is 0. The van der Waals surface area contributed by atoms with Gasteiger partial charge in [0.05, 0.1) is 5.69 Å². The molecule has 0 aromatic heterocycles. The molecule has 1 amide bonds. The molecule has 1 N–H and O–H groups in total. The van der Waals surface area contributed by atoms with Crippen LogP contribution in [0, 0.1) is 0 Å². The van der Waals surface area contributed by atoms with Crippen LogP contribution >= 0.6 is 0 Å². The number of carbonyl (C=O) groups excluding carboxylic acids is 1. The van der Waals surface area contributed by atoms with Crippen molar-refractivity contribution in [3.8, 4) is 0 Å². The molecule has 0 bridgehead atoms. The summed E-state index contributed by atoms with van der Waals surface area (Å²) in [6.45, 7) is 20.8. The Morgan fingerprint density at radius 1 is 0.818 bits per heavy atom. The van der Waals surface area contributed by atoms with Crippen molar-refractivity contribution in [2.24, 2.45) is 0 Å². The lowest BCUT2D eigenvalue weighted by atomic mass is 9.86. The molecule has 0 aliphatic carbocycles. The Hall–Kier alpha value is -2.49. The number of fused-ring (bicyclic) bond motifs is 2. The first-order valence-electron chi connectivity index (χ1n) is 12.2. The number of benzene rings is 2. The minimum Gasteiger partial charge on any atom is -0.443 e. The lowest BCUT2D eigenvalue weighted by Gasteiger charge is -2.26. The molecule has 2 heterocycles. The first kappa shape index (κ1) is 25.1. The molecule has 0 saturated heterocycles. The van der Waals surface area contributed by atoms with Crippen LogP contribution in [0.5, 0.6) is 0 Å². The minimum absolute atomic E-state index is 0.0806. The third-order valence-corrected chi connectivity index (χ3v) is 6.15. The lowest BCUT2D eigenvalue weighted by molar-refractivity contribution is 0.0584. The van der Waals surface area contributed by atoms with E-state index in [1.807, 2.05) is 20.8 Å². The number of ether oxygens (including phenoxy) is 1. The SMILES string of the molecule is CC(C)(C)OC(=O)N1CCc2ccc(C(C)(C)C)cc21.CC(C)(C)c1ccc2c(c1)NCC2. The summed E-state index contributed by atoms with van der Waals surface area (Å²) in [5.41, 5.74) is 7.58. The molecular weight excluding hydrogens is 408 g/mol. The molecule has 0 atom stereocenters. The smallest absolute Gasteiger partial charge is 0.414 e. The normalized spacial score (nSPS) is 15.2. The Morgan fingerprint density at radius 3 is 1.97 bits per heavy atom. The van der Waals surface area contributed by atoms with E-state index in [0.29, 0.717) is 6.54 Å². The number of nitrogens with one attached hydrogen (secondary N) is 1. The zero-order chi connectivity index (χ0) is 24.6. The Bertz CT molecular complexity index is 1000. The zero-order valence-electron chi connectivity index (χ0n) is 22.1. The van der Waals surface area contributed by atoms with Gasteiger partial charge in [0, 0.05) is 18.8 Å². The highest BCUT2D eigenvalue weighted by molar-refractivity contribution is 5.90. The molecule has 4 nitrogen and oxygen atoms in total. The Morgan fingerprint density at radius 2 is 1.39 bits per heavy atom. The average Bonchev–Trinajstić information content (AvgIpc) is 3.31. The maximum absolute atomic E-state index is 12.3. The predicted molar refractivity (Wildman–Crippen MR) is 140 cm³/mol. The van der Waals surface area contributed by atoms with Crippen molar-refractivity contribution in [3.05, 3.63) is 58.7 Å². The fraction of sp³-hybridized carbons (Fsp3) is 0.552. The largest absolute Gasteiger partial charge is 0.443 e. The number of anilines is 2. The van der Waals surface area contributed by atoms with Gasteiger partial charge in [0.2, 0.25) is 0 Å². The van der Waals surface area contributed by atoms with Gasteiger partial charge >= 0.3 is 6.09 Å². The highest BCUT2D eigenvalue weighted by Crippen LogP contribution is 2.34. The third kappa shape index (κ3) is 6.31. The third-order valence-electron chi connectivity index (χ3n) is 6.15. The van der Waals surface area contributed by atoms with Gasteiger partial charge in [-0.2, -0.15) is 0 Å². The maximum Gasteiger partial charge on any atom is 0.414 e. The molecule has 2 aromatic carbocycles. The van der Waals surface area contributed by atoms with Crippen LogP contribution in [-0.2, 0) is 28.4 Å². The summed E-state index contributed by atoms with van der Waals surface area (Å²) in [7, 11) is 0. The van der Waals surface area contributed by atoms with Crippen LogP contribution in [0.15, 0.2) is 36.4 Å². The number of hydrogen-bond donors (Lipinski definition) is 1. The highest BCUT2D eigenvalue weighted by Gasteiger charge is 2.30. The van der Waals surface area contributed by atoms with Gasteiger partial charge in [0.1, 0.15) is 5.60 Å². The van der Waals surface area contributed by atoms with Crippen molar-refractivity contribution < 1.29 is 9.53 Å². The van der Waals surface area contributed by atoms with Gasteiger partial charge < -0.3 is 10.1 Å². The van der Waals surface area contributed by atoms with E-state index < -0.39 is 5.60 Å². The summed E-state index contributed by atoms with van der Waals surface area (Å²) in [6, 6.07) is 13.2. The van der Waals surface area contributed by atoms with Crippen molar-refractivity contribution in [2.45, 2.75) is 91.6 Å². The quantitative estimate of drug-likeness (QED) is 0.460. The van der Waals surface area contributed by atoms with Crippen molar-refractivity contribution in [1.29, 1.82) is 0 Å². The van der Waals surface area contributed by atoms with Crippen molar-refractivity contribution in [1.82, 2.24) is 0 Å². The summed E-state index contributed by atoms with van der Waals surface area (Å²) in [6.07, 6.45) is 1.83. The van der Waals surface area contributed by atoms with Crippen LogP contribution < -0.4 is 10.2 Å². The van der Waals surface area contributed by atoms with Gasteiger partial charge in [0.15, 0.2) is 0 Å². The first-order chi connectivity index (χ1) is 15.1. The van der Waals surface area contributed by atoms with Gasteiger partial charge in [-0.1, -0.05) is 65.8 Å².